The number of aryl methyl sites for hydroxylation is 2. The number of benzene rings is 1. The SMILES string of the molecule is CCCCc1nc(C)c(C)n1Cc1ccc(C2=CCCC=C2/C(=N/N)NN)cc1. The number of allylic oxidation sites excluding steroid dienone is 2. The Kier molecular flexibility index (Phi) is 6.88. The Labute approximate surface area is 173 Å². The maximum absolute atomic E-state index is 5.59. The van der Waals surface area contributed by atoms with Crippen molar-refractivity contribution >= 4 is 11.4 Å². The summed E-state index contributed by atoms with van der Waals surface area (Å²) in [4.78, 5) is 4.79. The van der Waals surface area contributed by atoms with Crippen LogP contribution in [0.1, 0.15) is 60.9 Å². The van der Waals surface area contributed by atoms with Crippen LogP contribution in [0.4, 0.5) is 0 Å². The van der Waals surface area contributed by atoms with Gasteiger partial charge in [-0.1, -0.05) is 49.8 Å². The van der Waals surface area contributed by atoms with Crippen molar-refractivity contribution in [3.05, 3.63) is 70.3 Å². The molecule has 3 rings (SSSR count). The van der Waals surface area contributed by atoms with E-state index in [1.54, 1.807) is 0 Å². The van der Waals surface area contributed by atoms with Crippen molar-refractivity contribution in [3.63, 3.8) is 0 Å². The summed E-state index contributed by atoms with van der Waals surface area (Å²) in [6.07, 6.45) is 9.67. The maximum atomic E-state index is 5.59. The minimum atomic E-state index is 0.505. The molecule has 1 aliphatic rings. The first-order chi connectivity index (χ1) is 14.1. The summed E-state index contributed by atoms with van der Waals surface area (Å²) in [5.74, 6) is 12.8. The zero-order valence-corrected chi connectivity index (χ0v) is 17.7. The van der Waals surface area contributed by atoms with E-state index in [4.69, 9.17) is 16.7 Å². The van der Waals surface area contributed by atoms with Gasteiger partial charge in [0.2, 0.25) is 0 Å². The molecule has 6 heteroatoms. The molecule has 1 aliphatic carbocycles. The number of hydrogen-bond donors (Lipinski definition) is 3. The summed E-state index contributed by atoms with van der Waals surface area (Å²) in [7, 11) is 0. The van der Waals surface area contributed by atoms with Crippen LogP contribution in [0, 0.1) is 13.8 Å². The summed E-state index contributed by atoms with van der Waals surface area (Å²) in [6.45, 7) is 7.31. The Morgan fingerprint density at radius 1 is 1.17 bits per heavy atom. The molecule has 154 valence electrons. The van der Waals surface area contributed by atoms with Gasteiger partial charge in [-0.05, 0) is 49.8 Å². The van der Waals surface area contributed by atoms with Gasteiger partial charge < -0.3 is 15.8 Å². The van der Waals surface area contributed by atoms with E-state index >= 15 is 0 Å². The summed E-state index contributed by atoms with van der Waals surface area (Å²) in [5.41, 5.74) is 9.45. The third-order valence-electron chi connectivity index (χ3n) is 5.57. The monoisotopic (exact) mass is 392 g/mol. The average Bonchev–Trinajstić information content (AvgIpc) is 3.02. The Bertz CT molecular complexity index is 931. The normalized spacial score (nSPS) is 14.6. The van der Waals surface area contributed by atoms with Gasteiger partial charge >= 0.3 is 0 Å². The lowest BCUT2D eigenvalue weighted by atomic mass is 9.90. The molecule has 1 heterocycles. The van der Waals surface area contributed by atoms with Crippen LogP contribution in [-0.2, 0) is 13.0 Å². The first-order valence-electron chi connectivity index (χ1n) is 10.4. The minimum absolute atomic E-state index is 0.505. The van der Waals surface area contributed by atoms with Crippen LogP contribution < -0.4 is 17.1 Å². The first-order valence-corrected chi connectivity index (χ1v) is 10.4. The van der Waals surface area contributed by atoms with Crippen molar-refractivity contribution in [2.24, 2.45) is 16.8 Å². The Morgan fingerprint density at radius 2 is 1.90 bits per heavy atom. The molecular formula is C23H32N6. The highest BCUT2D eigenvalue weighted by molar-refractivity contribution is 6.12. The Balaban J connectivity index is 1.83. The van der Waals surface area contributed by atoms with Crippen LogP contribution >= 0.6 is 0 Å². The van der Waals surface area contributed by atoms with E-state index in [1.165, 1.54) is 23.5 Å². The summed E-state index contributed by atoms with van der Waals surface area (Å²) >= 11 is 0. The molecule has 0 spiro atoms. The van der Waals surface area contributed by atoms with Gasteiger partial charge in [0.15, 0.2) is 5.84 Å². The molecule has 0 unspecified atom stereocenters. The third-order valence-corrected chi connectivity index (χ3v) is 5.57. The number of hydrazone groups is 1. The second kappa shape index (κ2) is 9.56. The number of hydrazine groups is 1. The molecule has 29 heavy (non-hydrogen) atoms. The zero-order chi connectivity index (χ0) is 20.8. The van der Waals surface area contributed by atoms with Gasteiger partial charge in [-0.3, -0.25) is 0 Å². The van der Waals surface area contributed by atoms with Gasteiger partial charge in [0.1, 0.15) is 5.82 Å². The molecule has 0 bridgehead atoms. The standard InChI is InChI=1S/C23H32N6/c1-4-5-10-22-26-16(2)17(3)29(22)15-18-11-13-19(14-12-18)20-8-6-7-9-21(20)23(27-24)28-25/h8-9,11-14H,4-7,10,15,24-25H2,1-3H3,(H,27,28). The van der Waals surface area contributed by atoms with Crippen molar-refractivity contribution in [3.8, 4) is 0 Å². The summed E-state index contributed by atoms with van der Waals surface area (Å²) < 4.78 is 2.35. The van der Waals surface area contributed by atoms with Crippen molar-refractivity contribution < 1.29 is 0 Å². The molecule has 5 N–H and O–H groups in total. The second-order valence-corrected chi connectivity index (χ2v) is 7.52. The number of aromatic nitrogens is 2. The first kappa shape index (κ1) is 20.9. The molecule has 6 nitrogen and oxygen atoms in total. The van der Waals surface area contributed by atoms with Gasteiger partial charge in [0, 0.05) is 24.2 Å². The number of nitrogens with zero attached hydrogens (tertiary/aromatic N) is 3. The van der Waals surface area contributed by atoms with Gasteiger partial charge in [0.05, 0.1) is 5.69 Å². The predicted molar refractivity (Wildman–Crippen MR) is 120 cm³/mol. The minimum Gasteiger partial charge on any atom is -0.328 e. The van der Waals surface area contributed by atoms with Crippen LogP contribution in [-0.4, -0.2) is 15.4 Å². The Hall–Kier alpha value is -2.86. The maximum Gasteiger partial charge on any atom is 0.167 e. The third kappa shape index (κ3) is 4.59. The van der Waals surface area contributed by atoms with Crippen LogP contribution in [0.3, 0.4) is 0 Å². The average molecular weight is 393 g/mol. The lowest BCUT2D eigenvalue weighted by Gasteiger charge is -2.18. The summed E-state index contributed by atoms with van der Waals surface area (Å²) in [6, 6.07) is 8.71. The molecule has 0 saturated heterocycles. The Morgan fingerprint density at radius 3 is 2.55 bits per heavy atom. The van der Waals surface area contributed by atoms with Crippen LogP contribution in [0.25, 0.3) is 5.57 Å². The highest BCUT2D eigenvalue weighted by atomic mass is 15.3. The van der Waals surface area contributed by atoms with Crippen LogP contribution in [0.5, 0.6) is 0 Å². The molecule has 0 fully saturated rings. The fourth-order valence-electron chi connectivity index (χ4n) is 3.79. The predicted octanol–water partition coefficient (Wildman–Crippen LogP) is 3.73. The molecule has 0 amide bonds. The van der Waals surface area contributed by atoms with E-state index in [2.05, 4.69) is 72.3 Å². The van der Waals surface area contributed by atoms with E-state index in [-0.39, 0.29) is 0 Å². The quantitative estimate of drug-likeness (QED) is 0.290. The number of hydrogen-bond acceptors (Lipinski definition) is 4. The van der Waals surface area contributed by atoms with E-state index in [0.717, 1.165) is 54.6 Å². The van der Waals surface area contributed by atoms with Crippen molar-refractivity contribution in [2.75, 3.05) is 0 Å². The second-order valence-electron chi connectivity index (χ2n) is 7.52. The molecule has 2 aromatic rings. The number of unbranched alkanes of at least 4 members (excludes halogenated alkanes) is 1. The molecule has 0 atom stereocenters. The van der Waals surface area contributed by atoms with Crippen molar-refractivity contribution in [1.29, 1.82) is 0 Å². The van der Waals surface area contributed by atoms with Gasteiger partial charge in [0.25, 0.3) is 0 Å². The molecule has 1 aromatic carbocycles. The van der Waals surface area contributed by atoms with Crippen molar-refractivity contribution in [1.82, 2.24) is 15.0 Å². The van der Waals surface area contributed by atoms with Gasteiger partial charge in [-0.2, -0.15) is 5.10 Å². The lowest BCUT2D eigenvalue weighted by molar-refractivity contribution is 0.667. The number of amidine groups is 1. The molecule has 0 saturated carbocycles. The fraction of sp³-hybridized carbons (Fsp3) is 0.391. The number of nitrogens with two attached hydrogens (primary N) is 2. The zero-order valence-electron chi connectivity index (χ0n) is 17.7. The van der Waals surface area contributed by atoms with Gasteiger partial charge in [-0.25, -0.2) is 10.8 Å². The van der Waals surface area contributed by atoms with E-state index in [0.29, 0.717) is 5.84 Å². The smallest absolute Gasteiger partial charge is 0.167 e. The lowest BCUT2D eigenvalue weighted by Crippen LogP contribution is -2.33. The van der Waals surface area contributed by atoms with Crippen LogP contribution in [0.2, 0.25) is 0 Å². The van der Waals surface area contributed by atoms with E-state index < -0.39 is 0 Å². The highest BCUT2D eigenvalue weighted by Gasteiger charge is 2.16. The summed E-state index contributed by atoms with van der Waals surface area (Å²) in [5, 5.41) is 3.79. The van der Waals surface area contributed by atoms with E-state index in [1.807, 2.05) is 0 Å². The number of rotatable bonds is 7. The molecule has 0 aliphatic heterocycles. The molecule has 0 radical (unpaired) electrons. The number of nitrogens with one attached hydrogen (secondary N) is 1. The van der Waals surface area contributed by atoms with E-state index in [9.17, 15) is 0 Å². The van der Waals surface area contributed by atoms with Gasteiger partial charge in [-0.15, -0.1) is 0 Å². The highest BCUT2D eigenvalue weighted by Crippen LogP contribution is 2.29. The van der Waals surface area contributed by atoms with Crippen LogP contribution in [0.15, 0.2) is 47.1 Å². The van der Waals surface area contributed by atoms with Crippen molar-refractivity contribution in [2.45, 2.75) is 59.4 Å². The number of imidazole rings is 1. The molecular weight excluding hydrogens is 360 g/mol. The fourth-order valence-corrected chi connectivity index (χ4v) is 3.79. The topological polar surface area (TPSA) is 94.2 Å². The largest absolute Gasteiger partial charge is 0.328 e. The molecule has 1 aromatic heterocycles.